The predicted octanol–water partition coefficient (Wildman–Crippen LogP) is 1.56. The molecule has 0 atom stereocenters. The number of thiazole rings is 1. The van der Waals surface area contributed by atoms with Crippen LogP contribution in [0, 0.1) is 0 Å². The fourth-order valence-corrected chi connectivity index (χ4v) is 1.69. The third kappa shape index (κ3) is 1.69. The average Bonchev–Trinajstić information content (AvgIpc) is 2.84. The maximum Gasteiger partial charge on any atom is 0.435 e. The quantitative estimate of drug-likeness (QED) is 0.756. The average molecular weight is 248 g/mol. The highest BCUT2D eigenvalue weighted by atomic mass is 32.1. The van der Waals surface area contributed by atoms with Crippen molar-refractivity contribution in [2.75, 3.05) is 0 Å². The van der Waals surface area contributed by atoms with E-state index in [0.717, 1.165) is 11.3 Å². The molecule has 0 saturated heterocycles. The fourth-order valence-electron chi connectivity index (χ4n) is 1.09. The van der Waals surface area contributed by atoms with Crippen LogP contribution in [0.5, 0.6) is 0 Å². The number of rotatable bonds is 2. The maximum atomic E-state index is 12.6. The lowest BCUT2D eigenvalue weighted by molar-refractivity contribution is -0.143. The lowest BCUT2D eigenvalue weighted by Crippen LogP contribution is -2.15. The van der Waals surface area contributed by atoms with Crippen molar-refractivity contribution < 1.29 is 18.0 Å². The number of alkyl halides is 3. The Hall–Kier alpha value is -1.77. The van der Waals surface area contributed by atoms with Crippen LogP contribution in [-0.4, -0.2) is 26.3 Å². The summed E-state index contributed by atoms with van der Waals surface area (Å²) >= 11 is 0.964. The van der Waals surface area contributed by atoms with E-state index in [2.05, 4.69) is 15.3 Å². The van der Waals surface area contributed by atoms with Gasteiger partial charge >= 0.3 is 6.18 Å². The van der Waals surface area contributed by atoms with Gasteiger partial charge in [-0.05, 0) is 0 Å². The molecule has 0 spiro atoms. The molecule has 0 fully saturated rings. The van der Waals surface area contributed by atoms with Gasteiger partial charge in [-0.1, -0.05) is 5.21 Å². The molecule has 5 nitrogen and oxygen atoms in total. The number of nitrogens with zero attached hydrogens (tertiary/aromatic N) is 4. The Labute approximate surface area is 90.5 Å². The van der Waals surface area contributed by atoms with Crippen molar-refractivity contribution >= 4 is 17.6 Å². The molecule has 0 aromatic carbocycles. The van der Waals surface area contributed by atoms with Gasteiger partial charge in [0.2, 0.25) is 5.13 Å². The highest BCUT2D eigenvalue weighted by molar-refractivity contribution is 7.12. The minimum atomic E-state index is -4.70. The molecule has 2 rings (SSSR count). The van der Waals surface area contributed by atoms with E-state index in [9.17, 15) is 18.0 Å². The Morgan fingerprint density at radius 3 is 2.69 bits per heavy atom. The van der Waals surface area contributed by atoms with Crippen LogP contribution in [-0.2, 0) is 6.18 Å². The highest BCUT2D eigenvalue weighted by Gasteiger charge is 2.40. The number of halogens is 3. The van der Waals surface area contributed by atoms with Crippen molar-refractivity contribution in [3.05, 3.63) is 23.0 Å². The molecule has 2 heterocycles. The lowest BCUT2D eigenvalue weighted by Gasteiger charge is -2.06. The van der Waals surface area contributed by atoms with Gasteiger partial charge in [-0.2, -0.15) is 17.9 Å². The van der Waals surface area contributed by atoms with E-state index < -0.39 is 17.6 Å². The van der Waals surface area contributed by atoms with Gasteiger partial charge in [0.25, 0.3) is 0 Å². The minimum absolute atomic E-state index is 0.00734. The van der Waals surface area contributed by atoms with Crippen molar-refractivity contribution in [1.29, 1.82) is 0 Å². The largest absolute Gasteiger partial charge is 0.435 e. The van der Waals surface area contributed by atoms with Crippen molar-refractivity contribution in [3.8, 4) is 5.13 Å². The van der Waals surface area contributed by atoms with Crippen LogP contribution < -0.4 is 0 Å². The van der Waals surface area contributed by atoms with Crippen LogP contribution in [0.25, 0.3) is 5.13 Å². The molecule has 84 valence electrons. The second-order valence-electron chi connectivity index (χ2n) is 2.67. The monoisotopic (exact) mass is 248 g/mol. The van der Waals surface area contributed by atoms with Crippen LogP contribution >= 0.6 is 11.3 Å². The standard InChI is InChI=1S/C7H3F3N4OS/c8-7(9,10)5-4(3-15)12-13-14(5)6-11-1-2-16-6/h1-3H. The zero-order chi connectivity index (χ0) is 11.8. The van der Waals surface area contributed by atoms with Gasteiger partial charge in [-0.3, -0.25) is 4.79 Å². The summed E-state index contributed by atoms with van der Waals surface area (Å²) in [4.78, 5) is 14.1. The number of carbonyl (C=O) groups is 1. The minimum Gasteiger partial charge on any atom is -0.296 e. The molecular weight excluding hydrogens is 245 g/mol. The van der Waals surface area contributed by atoms with Crippen LogP contribution in [0.3, 0.4) is 0 Å². The third-order valence-electron chi connectivity index (χ3n) is 1.68. The normalized spacial score (nSPS) is 11.7. The van der Waals surface area contributed by atoms with Gasteiger partial charge in [-0.25, -0.2) is 4.98 Å². The molecule has 0 aliphatic carbocycles. The molecular formula is C7H3F3N4OS. The van der Waals surface area contributed by atoms with Crippen LogP contribution in [0.2, 0.25) is 0 Å². The third-order valence-corrected chi connectivity index (χ3v) is 2.42. The van der Waals surface area contributed by atoms with Crippen LogP contribution in [0.15, 0.2) is 11.6 Å². The number of hydrogen-bond acceptors (Lipinski definition) is 5. The number of aldehydes is 1. The second-order valence-corrected chi connectivity index (χ2v) is 3.54. The summed E-state index contributed by atoms with van der Waals surface area (Å²) in [6.07, 6.45) is -3.35. The van der Waals surface area contributed by atoms with Gasteiger partial charge in [0.15, 0.2) is 17.7 Å². The molecule has 0 amide bonds. The van der Waals surface area contributed by atoms with Crippen molar-refractivity contribution in [1.82, 2.24) is 20.0 Å². The van der Waals surface area contributed by atoms with Crippen molar-refractivity contribution in [2.45, 2.75) is 6.18 Å². The fraction of sp³-hybridized carbons (Fsp3) is 0.143. The summed E-state index contributed by atoms with van der Waals surface area (Å²) in [5.41, 5.74) is -1.96. The molecule has 2 aromatic heterocycles. The van der Waals surface area contributed by atoms with E-state index in [1.807, 2.05) is 0 Å². The van der Waals surface area contributed by atoms with Gasteiger partial charge < -0.3 is 0 Å². The molecule has 0 bridgehead atoms. The summed E-state index contributed by atoms with van der Waals surface area (Å²) in [6.45, 7) is 0. The van der Waals surface area contributed by atoms with Crippen molar-refractivity contribution in [3.63, 3.8) is 0 Å². The smallest absolute Gasteiger partial charge is 0.296 e. The molecule has 0 unspecified atom stereocenters. The molecule has 9 heteroatoms. The summed E-state index contributed by atoms with van der Waals surface area (Å²) < 4.78 is 38.4. The lowest BCUT2D eigenvalue weighted by atomic mass is 10.3. The predicted molar refractivity (Wildman–Crippen MR) is 47.4 cm³/mol. The van der Waals surface area contributed by atoms with Crippen LogP contribution in [0.1, 0.15) is 16.2 Å². The first-order valence-corrected chi connectivity index (χ1v) is 4.80. The van der Waals surface area contributed by atoms with Gasteiger partial charge in [0.1, 0.15) is 0 Å². The topological polar surface area (TPSA) is 60.7 Å². The second kappa shape index (κ2) is 3.67. The van der Waals surface area contributed by atoms with Gasteiger partial charge in [-0.15, -0.1) is 16.4 Å². The SMILES string of the molecule is O=Cc1nnn(-c2nccs2)c1C(F)(F)F. The van der Waals surface area contributed by atoms with E-state index in [0.29, 0.717) is 4.68 Å². The van der Waals surface area contributed by atoms with Crippen LogP contribution in [0.4, 0.5) is 13.2 Å². The number of aromatic nitrogens is 4. The molecule has 16 heavy (non-hydrogen) atoms. The highest BCUT2D eigenvalue weighted by Crippen LogP contribution is 2.32. The van der Waals surface area contributed by atoms with Gasteiger partial charge in [0, 0.05) is 11.6 Å². The van der Waals surface area contributed by atoms with E-state index in [1.165, 1.54) is 11.6 Å². The summed E-state index contributed by atoms with van der Waals surface area (Å²) in [5.74, 6) is 0. The first-order chi connectivity index (χ1) is 7.54. The molecule has 0 aliphatic heterocycles. The Bertz CT molecular complexity index is 504. The number of hydrogen-bond donors (Lipinski definition) is 0. The Kier molecular flexibility index (Phi) is 2.46. The molecule has 0 N–H and O–H groups in total. The maximum absolute atomic E-state index is 12.6. The molecule has 0 radical (unpaired) electrons. The van der Waals surface area contributed by atoms with E-state index >= 15 is 0 Å². The van der Waals surface area contributed by atoms with E-state index in [-0.39, 0.29) is 11.4 Å². The molecule has 0 saturated carbocycles. The van der Waals surface area contributed by atoms with E-state index in [1.54, 1.807) is 0 Å². The number of carbonyl (C=O) groups excluding carboxylic acids is 1. The van der Waals surface area contributed by atoms with E-state index in [4.69, 9.17) is 0 Å². The Morgan fingerprint density at radius 1 is 1.44 bits per heavy atom. The zero-order valence-corrected chi connectivity index (χ0v) is 8.29. The summed E-state index contributed by atoms with van der Waals surface area (Å²) in [6, 6.07) is 0. The Morgan fingerprint density at radius 2 is 2.19 bits per heavy atom. The van der Waals surface area contributed by atoms with Crippen molar-refractivity contribution in [2.24, 2.45) is 0 Å². The van der Waals surface area contributed by atoms with Gasteiger partial charge in [0.05, 0.1) is 0 Å². The summed E-state index contributed by atoms with van der Waals surface area (Å²) in [7, 11) is 0. The summed E-state index contributed by atoms with van der Waals surface area (Å²) in [5, 5.41) is 7.91. The first kappa shape index (κ1) is 10.7. The molecule has 2 aromatic rings. The first-order valence-electron chi connectivity index (χ1n) is 3.92. The Balaban J connectivity index is 2.64. The molecule has 0 aliphatic rings. The zero-order valence-electron chi connectivity index (χ0n) is 7.47.